The topological polar surface area (TPSA) is 36.4 Å². The van der Waals surface area contributed by atoms with Gasteiger partial charge in [-0.25, -0.2) is 0 Å². The van der Waals surface area contributed by atoms with Gasteiger partial charge in [0.1, 0.15) is 5.84 Å². The number of hydrogen-bond acceptors (Lipinski definition) is 2. The van der Waals surface area contributed by atoms with Crippen LogP contribution in [0.25, 0.3) is 0 Å². The Morgan fingerprint density at radius 1 is 1.20 bits per heavy atom. The average molecular weight is 279 g/mol. The number of amidine groups is 1. The summed E-state index contributed by atoms with van der Waals surface area (Å²) in [6.07, 6.45) is 5.94. The van der Waals surface area contributed by atoms with Gasteiger partial charge in [0.05, 0.1) is 0 Å². The number of nitrogens with one attached hydrogen (secondary N) is 2. The molecule has 3 heteroatoms. The molecule has 0 aromatic heterocycles. The molecule has 0 bridgehead atoms. The maximum Gasteiger partial charge on any atom is 0.126 e. The third-order valence-electron chi connectivity index (χ3n) is 3.51. The molecule has 0 rings (SSSR count). The molecule has 3 nitrogen and oxygen atoms in total. The largest absolute Gasteiger partial charge is 0.391 e. The Bertz CT molecular complexity index is 329. The van der Waals surface area contributed by atoms with Crippen molar-refractivity contribution in [3.05, 3.63) is 24.6 Å². The lowest BCUT2D eigenvalue weighted by atomic mass is 9.92. The highest BCUT2D eigenvalue weighted by Gasteiger charge is 2.11. The van der Waals surface area contributed by atoms with Crippen LogP contribution >= 0.6 is 0 Å². The van der Waals surface area contributed by atoms with Crippen molar-refractivity contribution in [1.82, 2.24) is 10.6 Å². The second-order valence-electron chi connectivity index (χ2n) is 5.79. The third-order valence-corrected chi connectivity index (χ3v) is 3.51. The Hall–Kier alpha value is -1.25. The van der Waals surface area contributed by atoms with Crippen LogP contribution < -0.4 is 10.6 Å². The second-order valence-corrected chi connectivity index (χ2v) is 5.79. The molecule has 2 atom stereocenters. The van der Waals surface area contributed by atoms with Crippen molar-refractivity contribution in [1.29, 1.82) is 0 Å². The molecule has 0 radical (unpaired) electrons. The van der Waals surface area contributed by atoms with Gasteiger partial charge in [-0.3, -0.25) is 4.99 Å². The van der Waals surface area contributed by atoms with Crippen molar-refractivity contribution in [3.8, 4) is 0 Å². The van der Waals surface area contributed by atoms with Crippen molar-refractivity contribution in [2.24, 2.45) is 16.8 Å². The summed E-state index contributed by atoms with van der Waals surface area (Å²) < 4.78 is 0. The van der Waals surface area contributed by atoms with Gasteiger partial charge in [0, 0.05) is 24.5 Å². The van der Waals surface area contributed by atoms with E-state index in [4.69, 9.17) is 4.99 Å². The SMILES string of the molecule is C=C(CC)NC(/C=C\NCC)=N/C(C)CC(C)C(C)C. The molecule has 2 N–H and O–H groups in total. The van der Waals surface area contributed by atoms with E-state index < -0.39 is 0 Å². The van der Waals surface area contributed by atoms with E-state index in [1.165, 1.54) is 0 Å². The molecule has 0 spiro atoms. The van der Waals surface area contributed by atoms with Crippen LogP contribution in [-0.4, -0.2) is 18.4 Å². The van der Waals surface area contributed by atoms with E-state index >= 15 is 0 Å². The minimum atomic E-state index is 0.311. The highest BCUT2D eigenvalue weighted by atomic mass is 15.0. The first-order chi connectivity index (χ1) is 9.40. The Labute approximate surface area is 125 Å². The van der Waals surface area contributed by atoms with E-state index in [1.54, 1.807) is 0 Å². The van der Waals surface area contributed by atoms with E-state index in [0.29, 0.717) is 17.9 Å². The van der Waals surface area contributed by atoms with Gasteiger partial charge in [-0.05, 0) is 44.6 Å². The lowest BCUT2D eigenvalue weighted by Gasteiger charge is -2.19. The molecule has 0 aromatic carbocycles. The first-order valence-corrected chi connectivity index (χ1v) is 7.83. The van der Waals surface area contributed by atoms with E-state index in [-0.39, 0.29) is 0 Å². The van der Waals surface area contributed by atoms with Gasteiger partial charge < -0.3 is 10.6 Å². The highest BCUT2D eigenvalue weighted by Crippen LogP contribution is 2.17. The molecule has 0 aliphatic heterocycles. The molecular weight excluding hydrogens is 246 g/mol. The fourth-order valence-corrected chi connectivity index (χ4v) is 1.74. The van der Waals surface area contributed by atoms with Gasteiger partial charge in [0.15, 0.2) is 0 Å². The Morgan fingerprint density at radius 2 is 1.85 bits per heavy atom. The summed E-state index contributed by atoms with van der Waals surface area (Å²) in [5.41, 5.74) is 0.994. The number of rotatable bonds is 9. The summed E-state index contributed by atoms with van der Waals surface area (Å²) >= 11 is 0. The van der Waals surface area contributed by atoms with Crippen LogP contribution in [0.5, 0.6) is 0 Å². The zero-order chi connectivity index (χ0) is 15.5. The molecule has 0 saturated carbocycles. The first kappa shape index (κ1) is 18.8. The highest BCUT2D eigenvalue weighted by molar-refractivity contribution is 5.94. The predicted molar refractivity (Wildman–Crippen MR) is 90.9 cm³/mol. The third kappa shape index (κ3) is 8.78. The summed E-state index contributed by atoms with van der Waals surface area (Å²) in [7, 11) is 0. The van der Waals surface area contributed by atoms with Gasteiger partial charge in [-0.2, -0.15) is 0 Å². The molecule has 116 valence electrons. The number of hydrogen-bond donors (Lipinski definition) is 2. The van der Waals surface area contributed by atoms with Crippen LogP contribution in [0.1, 0.15) is 54.4 Å². The summed E-state index contributed by atoms with van der Waals surface area (Å²) in [4.78, 5) is 4.78. The Balaban J connectivity index is 4.71. The molecule has 0 amide bonds. The zero-order valence-corrected chi connectivity index (χ0v) is 14.2. The van der Waals surface area contributed by atoms with Gasteiger partial charge >= 0.3 is 0 Å². The summed E-state index contributed by atoms with van der Waals surface area (Å²) in [5.74, 6) is 2.27. The van der Waals surface area contributed by atoms with E-state index in [9.17, 15) is 0 Å². The van der Waals surface area contributed by atoms with Crippen molar-refractivity contribution >= 4 is 5.84 Å². The second kappa shape index (κ2) is 10.5. The van der Waals surface area contributed by atoms with Crippen LogP contribution in [-0.2, 0) is 0 Å². The molecular formula is C17H33N3. The zero-order valence-electron chi connectivity index (χ0n) is 14.2. The molecule has 0 heterocycles. The van der Waals surface area contributed by atoms with Gasteiger partial charge in [0.25, 0.3) is 0 Å². The lowest BCUT2D eigenvalue weighted by Crippen LogP contribution is -2.23. The average Bonchev–Trinajstić information content (AvgIpc) is 2.38. The minimum Gasteiger partial charge on any atom is -0.391 e. The van der Waals surface area contributed by atoms with Gasteiger partial charge in [-0.15, -0.1) is 0 Å². The Morgan fingerprint density at radius 3 is 2.35 bits per heavy atom. The van der Waals surface area contributed by atoms with Crippen molar-refractivity contribution in [2.75, 3.05) is 6.54 Å². The van der Waals surface area contributed by atoms with E-state index in [1.807, 2.05) is 12.3 Å². The van der Waals surface area contributed by atoms with E-state index in [0.717, 1.165) is 30.9 Å². The van der Waals surface area contributed by atoms with Crippen LogP contribution in [0.4, 0.5) is 0 Å². The molecule has 2 unspecified atom stereocenters. The quantitative estimate of drug-likeness (QED) is 0.492. The van der Waals surface area contributed by atoms with Crippen molar-refractivity contribution < 1.29 is 0 Å². The van der Waals surface area contributed by atoms with Crippen molar-refractivity contribution in [3.63, 3.8) is 0 Å². The fourth-order valence-electron chi connectivity index (χ4n) is 1.74. The minimum absolute atomic E-state index is 0.311. The van der Waals surface area contributed by atoms with Crippen LogP contribution in [0, 0.1) is 11.8 Å². The summed E-state index contributed by atoms with van der Waals surface area (Å²) in [5, 5.41) is 6.46. The van der Waals surface area contributed by atoms with Gasteiger partial charge in [0.2, 0.25) is 0 Å². The van der Waals surface area contributed by atoms with E-state index in [2.05, 4.69) is 58.8 Å². The number of nitrogens with zero attached hydrogens (tertiary/aromatic N) is 1. The molecule has 0 aliphatic rings. The van der Waals surface area contributed by atoms with Crippen LogP contribution in [0.2, 0.25) is 0 Å². The molecule has 0 fully saturated rings. The molecule has 20 heavy (non-hydrogen) atoms. The monoisotopic (exact) mass is 279 g/mol. The predicted octanol–water partition coefficient (Wildman–Crippen LogP) is 4.09. The lowest BCUT2D eigenvalue weighted by molar-refractivity contribution is 0.369. The Kier molecular flexibility index (Phi) is 9.87. The number of aliphatic imine (C=N–C) groups is 1. The smallest absolute Gasteiger partial charge is 0.126 e. The standard InChI is InChI=1S/C17H33N3/c1-8-15(6)19-17(10-11-18-9-2)20-16(7)12-14(5)13(3)4/h10-11,13-14,16,18H,6,8-9,12H2,1-5,7H3,(H,19,20)/b11-10-. The first-order valence-electron chi connectivity index (χ1n) is 7.83. The molecule has 0 aromatic rings. The maximum atomic E-state index is 4.78. The number of allylic oxidation sites excluding steroid dienone is 1. The summed E-state index contributed by atoms with van der Waals surface area (Å²) in [6.45, 7) is 18.1. The summed E-state index contributed by atoms with van der Waals surface area (Å²) in [6, 6.07) is 0.311. The molecule has 0 saturated heterocycles. The van der Waals surface area contributed by atoms with Crippen LogP contribution in [0.15, 0.2) is 29.5 Å². The van der Waals surface area contributed by atoms with Crippen LogP contribution in [0.3, 0.4) is 0 Å². The normalized spacial score (nSPS) is 15.4. The fraction of sp³-hybridized carbons (Fsp3) is 0.706. The van der Waals surface area contributed by atoms with Crippen molar-refractivity contribution in [2.45, 2.75) is 60.4 Å². The maximum absolute atomic E-state index is 4.78. The van der Waals surface area contributed by atoms with Gasteiger partial charge in [-0.1, -0.05) is 34.3 Å². The molecule has 0 aliphatic carbocycles.